The van der Waals surface area contributed by atoms with Crippen molar-refractivity contribution in [3.05, 3.63) is 77.9 Å². The van der Waals surface area contributed by atoms with Crippen molar-refractivity contribution in [2.45, 2.75) is 50.6 Å². The van der Waals surface area contributed by atoms with Gasteiger partial charge in [-0.05, 0) is 48.8 Å². The van der Waals surface area contributed by atoms with Crippen LogP contribution < -0.4 is 5.32 Å². The zero-order chi connectivity index (χ0) is 20.8. The summed E-state index contributed by atoms with van der Waals surface area (Å²) in [5.41, 5.74) is 2.20. The Morgan fingerprint density at radius 1 is 0.967 bits per heavy atom. The second kappa shape index (κ2) is 9.75. The zero-order valence-electron chi connectivity index (χ0n) is 17.4. The Hall–Kier alpha value is -2.88. The lowest BCUT2D eigenvalue weighted by atomic mass is 9.84. The number of nitrogens with one attached hydrogen (secondary N) is 1. The third-order valence-electron chi connectivity index (χ3n) is 6.42. The highest BCUT2D eigenvalue weighted by Crippen LogP contribution is 2.40. The number of nitrogens with zero attached hydrogens (tertiary/aromatic N) is 1. The van der Waals surface area contributed by atoms with E-state index in [9.17, 15) is 9.59 Å². The van der Waals surface area contributed by atoms with E-state index in [2.05, 4.69) is 17.4 Å². The lowest BCUT2D eigenvalue weighted by molar-refractivity contribution is -0.137. The summed E-state index contributed by atoms with van der Waals surface area (Å²) in [5.74, 6) is 0.385. The SMILES string of the molecule is O=C(NCCc1ccccc1)C1CC2CCCCC2N1C(=O)/C=C/c1ccccc1. The van der Waals surface area contributed by atoms with Gasteiger partial charge in [-0.1, -0.05) is 73.5 Å². The molecule has 1 aliphatic heterocycles. The molecule has 0 aromatic heterocycles. The van der Waals surface area contributed by atoms with Gasteiger partial charge in [0.2, 0.25) is 11.8 Å². The number of likely N-dealkylation sites (tertiary alicyclic amines) is 1. The summed E-state index contributed by atoms with van der Waals surface area (Å²) >= 11 is 0. The molecule has 1 saturated carbocycles. The van der Waals surface area contributed by atoms with E-state index < -0.39 is 0 Å². The molecule has 30 heavy (non-hydrogen) atoms. The second-order valence-corrected chi connectivity index (χ2v) is 8.38. The van der Waals surface area contributed by atoms with Gasteiger partial charge in [0, 0.05) is 18.7 Å². The van der Waals surface area contributed by atoms with E-state index in [1.807, 2.05) is 59.5 Å². The van der Waals surface area contributed by atoms with Crippen molar-refractivity contribution in [1.82, 2.24) is 10.2 Å². The smallest absolute Gasteiger partial charge is 0.247 e. The summed E-state index contributed by atoms with van der Waals surface area (Å²) in [6.45, 7) is 0.594. The fraction of sp³-hybridized carbons (Fsp3) is 0.385. The van der Waals surface area contributed by atoms with Gasteiger partial charge in [-0.25, -0.2) is 0 Å². The van der Waals surface area contributed by atoms with Gasteiger partial charge in [0.1, 0.15) is 6.04 Å². The molecule has 4 nitrogen and oxygen atoms in total. The summed E-state index contributed by atoms with van der Waals surface area (Å²) < 4.78 is 0. The van der Waals surface area contributed by atoms with Crippen LogP contribution in [0.25, 0.3) is 6.08 Å². The molecule has 0 bridgehead atoms. The zero-order valence-corrected chi connectivity index (χ0v) is 17.4. The Bertz CT molecular complexity index is 878. The average molecular weight is 403 g/mol. The molecule has 1 N–H and O–H groups in total. The predicted molar refractivity (Wildman–Crippen MR) is 120 cm³/mol. The van der Waals surface area contributed by atoms with Crippen LogP contribution >= 0.6 is 0 Å². The molecule has 3 atom stereocenters. The van der Waals surface area contributed by atoms with Gasteiger partial charge in [-0.3, -0.25) is 9.59 Å². The molecule has 2 fully saturated rings. The van der Waals surface area contributed by atoms with Gasteiger partial charge < -0.3 is 10.2 Å². The van der Waals surface area contributed by atoms with E-state index in [4.69, 9.17) is 0 Å². The highest BCUT2D eigenvalue weighted by molar-refractivity contribution is 5.96. The standard InChI is InChI=1S/C26H30N2O2/c29-25(16-15-20-9-3-1-4-10-20)28-23-14-8-7-13-22(23)19-24(28)26(30)27-18-17-21-11-5-2-6-12-21/h1-6,9-12,15-16,22-24H,7-8,13-14,17-19H2,(H,27,30)/b16-15+. The number of carbonyl (C=O) groups is 2. The molecule has 4 heteroatoms. The molecule has 1 saturated heterocycles. The Morgan fingerprint density at radius 3 is 2.43 bits per heavy atom. The first-order valence-electron chi connectivity index (χ1n) is 11.1. The molecule has 2 aromatic rings. The van der Waals surface area contributed by atoms with Crippen LogP contribution in [0.4, 0.5) is 0 Å². The Labute approximate surface area is 179 Å². The molecular formula is C26H30N2O2. The van der Waals surface area contributed by atoms with Crippen LogP contribution in [0.1, 0.15) is 43.2 Å². The first-order valence-corrected chi connectivity index (χ1v) is 11.1. The van der Waals surface area contributed by atoms with Crippen molar-refractivity contribution in [2.24, 2.45) is 5.92 Å². The maximum absolute atomic E-state index is 13.1. The van der Waals surface area contributed by atoms with Gasteiger partial charge >= 0.3 is 0 Å². The van der Waals surface area contributed by atoms with Gasteiger partial charge in [-0.2, -0.15) is 0 Å². The highest BCUT2D eigenvalue weighted by Gasteiger charge is 2.46. The minimum Gasteiger partial charge on any atom is -0.354 e. The molecular weight excluding hydrogens is 372 g/mol. The van der Waals surface area contributed by atoms with E-state index in [0.29, 0.717) is 12.5 Å². The number of fused-ring (bicyclic) bond motifs is 1. The maximum Gasteiger partial charge on any atom is 0.247 e. The number of hydrogen-bond donors (Lipinski definition) is 1. The minimum atomic E-state index is -0.359. The van der Waals surface area contributed by atoms with Gasteiger partial charge in [0.05, 0.1) is 0 Å². The molecule has 2 amide bonds. The lowest BCUT2D eigenvalue weighted by Crippen LogP contribution is -2.49. The Balaban J connectivity index is 1.43. The Kier molecular flexibility index (Phi) is 6.63. The first kappa shape index (κ1) is 20.4. The Morgan fingerprint density at radius 2 is 1.67 bits per heavy atom. The van der Waals surface area contributed by atoms with Crippen molar-refractivity contribution >= 4 is 17.9 Å². The van der Waals surface area contributed by atoms with Crippen LogP contribution in [0.5, 0.6) is 0 Å². The van der Waals surface area contributed by atoms with Crippen LogP contribution in [0.15, 0.2) is 66.7 Å². The quantitative estimate of drug-likeness (QED) is 0.736. The molecule has 4 rings (SSSR count). The van der Waals surface area contributed by atoms with Gasteiger partial charge in [-0.15, -0.1) is 0 Å². The van der Waals surface area contributed by atoms with Crippen LogP contribution in [0.3, 0.4) is 0 Å². The van der Waals surface area contributed by atoms with Crippen LogP contribution in [-0.4, -0.2) is 35.3 Å². The van der Waals surface area contributed by atoms with E-state index in [0.717, 1.165) is 37.7 Å². The number of hydrogen-bond acceptors (Lipinski definition) is 2. The fourth-order valence-corrected chi connectivity index (χ4v) is 4.92. The van der Waals surface area contributed by atoms with E-state index in [-0.39, 0.29) is 23.9 Å². The minimum absolute atomic E-state index is 0.0122. The lowest BCUT2D eigenvalue weighted by Gasteiger charge is -2.33. The molecule has 2 aromatic carbocycles. The third-order valence-corrected chi connectivity index (χ3v) is 6.42. The van der Waals surface area contributed by atoms with E-state index >= 15 is 0 Å². The maximum atomic E-state index is 13.1. The predicted octanol–water partition coefficient (Wildman–Crippen LogP) is 4.22. The molecule has 156 valence electrons. The van der Waals surface area contributed by atoms with Crippen molar-refractivity contribution in [2.75, 3.05) is 6.54 Å². The fourth-order valence-electron chi connectivity index (χ4n) is 4.92. The summed E-state index contributed by atoms with van der Waals surface area (Å²) in [7, 11) is 0. The summed E-state index contributed by atoms with van der Waals surface area (Å²) in [6.07, 6.45) is 9.52. The third kappa shape index (κ3) is 4.81. The molecule has 1 heterocycles. The second-order valence-electron chi connectivity index (χ2n) is 8.38. The van der Waals surface area contributed by atoms with Crippen molar-refractivity contribution in [3.63, 3.8) is 0 Å². The molecule has 3 unspecified atom stereocenters. The van der Waals surface area contributed by atoms with Crippen molar-refractivity contribution < 1.29 is 9.59 Å². The number of benzene rings is 2. The van der Waals surface area contributed by atoms with E-state index in [1.54, 1.807) is 6.08 Å². The highest BCUT2D eigenvalue weighted by atomic mass is 16.2. The molecule has 0 radical (unpaired) electrons. The van der Waals surface area contributed by atoms with Crippen molar-refractivity contribution in [3.8, 4) is 0 Å². The normalized spacial score (nSPS) is 23.3. The number of rotatable bonds is 6. The van der Waals surface area contributed by atoms with Gasteiger partial charge in [0.15, 0.2) is 0 Å². The largest absolute Gasteiger partial charge is 0.354 e. The van der Waals surface area contributed by atoms with Crippen LogP contribution in [-0.2, 0) is 16.0 Å². The van der Waals surface area contributed by atoms with E-state index in [1.165, 1.54) is 12.0 Å². The molecule has 1 aliphatic carbocycles. The molecule has 2 aliphatic rings. The summed E-state index contributed by atoms with van der Waals surface area (Å²) in [5, 5.41) is 3.08. The number of amides is 2. The number of carbonyl (C=O) groups excluding carboxylic acids is 2. The summed E-state index contributed by atoms with van der Waals surface area (Å²) in [4.78, 5) is 28.1. The topological polar surface area (TPSA) is 49.4 Å². The van der Waals surface area contributed by atoms with Gasteiger partial charge in [0.25, 0.3) is 0 Å². The average Bonchev–Trinajstić information content (AvgIpc) is 3.19. The summed E-state index contributed by atoms with van der Waals surface area (Å²) in [6, 6.07) is 19.8. The van der Waals surface area contributed by atoms with Crippen LogP contribution in [0, 0.1) is 5.92 Å². The van der Waals surface area contributed by atoms with Crippen LogP contribution in [0.2, 0.25) is 0 Å². The molecule has 0 spiro atoms. The van der Waals surface area contributed by atoms with Crippen molar-refractivity contribution in [1.29, 1.82) is 0 Å². The first-order chi connectivity index (χ1) is 14.7. The monoisotopic (exact) mass is 402 g/mol.